The second-order valence-corrected chi connectivity index (χ2v) is 12.3. The highest BCUT2D eigenvalue weighted by molar-refractivity contribution is 5.96. The quantitative estimate of drug-likeness (QED) is 0.429. The van der Waals surface area contributed by atoms with Gasteiger partial charge in [-0.05, 0) is 34.8 Å². The zero-order valence-corrected chi connectivity index (χ0v) is 23.9. The molecule has 4 N–H and O–H groups in total. The fraction of sp³-hybridized carbons (Fsp3) is 0.556. The molecular formula is C27H33F3N6O6. The number of fused-ring (bicyclic) bond motifs is 2. The number of rotatable bonds is 7. The van der Waals surface area contributed by atoms with Gasteiger partial charge in [0.05, 0.1) is 12.8 Å². The molecule has 228 valence electrons. The maximum absolute atomic E-state index is 13.8. The van der Waals surface area contributed by atoms with Crippen LogP contribution >= 0.6 is 0 Å². The molecule has 1 unspecified atom stereocenters. The lowest BCUT2D eigenvalue weighted by Gasteiger charge is -2.38. The van der Waals surface area contributed by atoms with Crippen LogP contribution in [0.15, 0.2) is 29.2 Å². The lowest BCUT2D eigenvalue weighted by atomic mass is 9.85. The first-order valence-electron chi connectivity index (χ1n) is 13.1. The van der Waals surface area contributed by atoms with Crippen LogP contribution < -0.4 is 26.7 Å². The molecule has 1 aliphatic carbocycles. The number of carbonyl (C=O) groups excluding carboxylic acids is 4. The Morgan fingerprint density at radius 1 is 1.17 bits per heavy atom. The predicted molar refractivity (Wildman–Crippen MR) is 142 cm³/mol. The van der Waals surface area contributed by atoms with Crippen LogP contribution in [0.5, 0.6) is 5.75 Å². The fourth-order valence-electron chi connectivity index (χ4n) is 5.78. The Kier molecular flexibility index (Phi) is 7.53. The highest BCUT2D eigenvalue weighted by Gasteiger charge is 2.70. The first-order valence-corrected chi connectivity index (χ1v) is 13.1. The second kappa shape index (κ2) is 10.3. The van der Waals surface area contributed by atoms with Crippen molar-refractivity contribution in [3.8, 4) is 5.75 Å². The van der Waals surface area contributed by atoms with Crippen LogP contribution in [0.1, 0.15) is 46.4 Å². The van der Waals surface area contributed by atoms with Crippen molar-refractivity contribution in [1.82, 2.24) is 24.9 Å². The molecule has 12 nitrogen and oxygen atoms in total. The summed E-state index contributed by atoms with van der Waals surface area (Å²) in [6, 6.07) is -0.243. The second-order valence-electron chi connectivity index (χ2n) is 12.3. The summed E-state index contributed by atoms with van der Waals surface area (Å²) < 4.78 is 45.7. The van der Waals surface area contributed by atoms with Crippen molar-refractivity contribution in [2.24, 2.45) is 28.4 Å². The van der Waals surface area contributed by atoms with Crippen LogP contribution in [0.4, 0.5) is 13.2 Å². The SMILES string of the molecule is COc1cccn2c(=O)cc(C(NC(=O)[C@@H]3[C@@H]4[C@H](CN3C(=O)[C@@H](NC(=O)C(F)(F)F)C(C)(C)C)C4(C)C)C(N)=O)nc12. The van der Waals surface area contributed by atoms with Gasteiger partial charge in [0, 0.05) is 18.8 Å². The van der Waals surface area contributed by atoms with Gasteiger partial charge in [0.2, 0.25) is 17.7 Å². The van der Waals surface area contributed by atoms with Gasteiger partial charge in [0.15, 0.2) is 17.4 Å². The van der Waals surface area contributed by atoms with E-state index in [0.717, 1.165) is 11.0 Å². The Bertz CT molecular complexity index is 1510. The van der Waals surface area contributed by atoms with E-state index in [4.69, 9.17) is 10.5 Å². The first-order chi connectivity index (χ1) is 19.3. The zero-order valence-electron chi connectivity index (χ0n) is 23.9. The molecular weight excluding hydrogens is 561 g/mol. The Hall–Kier alpha value is -4.17. The van der Waals surface area contributed by atoms with E-state index in [1.807, 2.05) is 13.8 Å². The van der Waals surface area contributed by atoms with Gasteiger partial charge >= 0.3 is 12.1 Å². The number of hydrogen-bond acceptors (Lipinski definition) is 7. The van der Waals surface area contributed by atoms with Gasteiger partial charge in [-0.3, -0.25) is 28.4 Å². The smallest absolute Gasteiger partial charge is 0.471 e. The van der Waals surface area contributed by atoms with Crippen molar-refractivity contribution >= 4 is 29.3 Å². The Labute approximate surface area is 238 Å². The van der Waals surface area contributed by atoms with Crippen molar-refractivity contribution in [1.29, 1.82) is 0 Å². The largest absolute Gasteiger partial charge is 0.493 e. The minimum Gasteiger partial charge on any atom is -0.493 e. The number of primary amides is 1. The van der Waals surface area contributed by atoms with Gasteiger partial charge in [0.25, 0.3) is 5.56 Å². The van der Waals surface area contributed by atoms with Crippen molar-refractivity contribution in [2.75, 3.05) is 13.7 Å². The molecule has 1 saturated heterocycles. The fourth-order valence-corrected chi connectivity index (χ4v) is 5.78. The number of halogens is 3. The number of amides is 4. The number of nitrogens with one attached hydrogen (secondary N) is 2. The molecule has 2 aliphatic rings. The summed E-state index contributed by atoms with van der Waals surface area (Å²) >= 11 is 0. The third-order valence-corrected chi connectivity index (χ3v) is 8.17. The highest BCUT2D eigenvalue weighted by Crippen LogP contribution is 2.65. The maximum atomic E-state index is 13.8. The zero-order chi connectivity index (χ0) is 31.5. The van der Waals surface area contributed by atoms with Crippen LogP contribution in [-0.2, 0) is 19.2 Å². The summed E-state index contributed by atoms with van der Waals surface area (Å²) in [7, 11) is 1.36. The number of aromatic nitrogens is 2. The molecule has 5 atom stereocenters. The number of piperidine rings is 1. The number of hydrogen-bond donors (Lipinski definition) is 3. The number of nitrogens with two attached hydrogens (primary N) is 1. The van der Waals surface area contributed by atoms with Crippen molar-refractivity contribution < 1.29 is 37.1 Å². The summed E-state index contributed by atoms with van der Waals surface area (Å²) in [6.45, 7) is 8.30. The molecule has 0 bridgehead atoms. The Morgan fingerprint density at radius 3 is 2.36 bits per heavy atom. The Balaban J connectivity index is 1.68. The average Bonchev–Trinajstić information content (AvgIpc) is 3.20. The van der Waals surface area contributed by atoms with Gasteiger partial charge in [-0.15, -0.1) is 0 Å². The van der Waals surface area contributed by atoms with E-state index in [-0.39, 0.29) is 40.9 Å². The highest BCUT2D eigenvalue weighted by atomic mass is 19.4. The lowest BCUT2D eigenvalue weighted by molar-refractivity contribution is -0.176. The van der Waals surface area contributed by atoms with E-state index < -0.39 is 58.9 Å². The summed E-state index contributed by atoms with van der Waals surface area (Å²) in [4.78, 5) is 70.1. The molecule has 3 heterocycles. The van der Waals surface area contributed by atoms with Crippen LogP contribution in [0.3, 0.4) is 0 Å². The van der Waals surface area contributed by atoms with Crippen LogP contribution in [0.2, 0.25) is 0 Å². The lowest BCUT2D eigenvalue weighted by Crippen LogP contribution is -2.61. The molecule has 15 heteroatoms. The third kappa shape index (κ3) is 5.39. The van der Waals surface area contributed by atoms with Gasteiger partial charge in [-0.1, -0.05) is 34.6 Å². The van der Waals surface area contributed by atoms with Gasteiger partial charge in [-0.2, -0.15) is 13.2 Å². The average molecular weight is 595 g/mol. The van der Waals surface area contributed by atoms with Crippen LogP contribution in [0.25, 0.3) is 5.65 Å². The number of ether oxygens (including phenoxy) is 1. The number of methoxy groups -OCH3 is 1. The van der Waals surface area contributed by atoms with E-state index in [1.54, 1.807) is 17.4 Å². The summed E-state index contributed by atoms with van der Waals surface area (Å²) in [5.41, 5.74) is 3.39. The minimum absolute atomic E-state index is 0.0526. The van der Waals surface area contributed by atoms with E-state index in [0.29, 0.717) is 0 Å². The van der Waals surface area contributed by atoms with E-state index >= 15 is 0 Å². The topological polar surface area (TPSA) is 165 Å². The Morgan fingerprint density at radius 2 is 1.81 bits per heavy atom. The molecule has 4 rings (SSSR count). The number of nitrogens with zero attached hydrogens (tertiary/aromatic N) is 3. The minimum atomic E-state index is -5.22. The summed E-state index contributed by atoms with van der Waals surface area (Å²) in [5, 5.41) is 4.28. The summed E-state index contributed by atoms with van der Waals surface area (Å²) in [6.07, 6.45) is -3.78. The number of alkyl halides is 3. The first kappa shape index (κ1) is 30.8. The molecule has 2 aromatic heterocycles. The van der Waals surface area contributed by atoms with Gasteiger partial charge < -0.3 is 26.0 Å². The number of carbonyl (C=O) groups is 4. The van der Waals surface area contributed by atoms with Crippen LogP contribution in [0, 0.1) is 22.7 Å². The monoisotopic (exact) mass is 594 g/mol. The maximum Gasteiger partial charge on any atom is 0.471 e. The predicted octanol–water partition coefficient (Wildman–Crippen LogP) is 0.922. The molecule has 1 saturated carbocycles. The standard InChI is InChI=1S/C27H33F3N6O6/c1-25(2,3)19(34-24(41)27(28,29)30)23(40)36-11-12-16(26(12,4)5)18(36)22(39)33-17(20(31)38)13-10-15(37)35-9-7-8-14(42-6)21(35)32-13/h7-10,12,16-19H,11H2,1-6H3,(H2,31,38)(H,33,39)(H,34,41)/t12-,16-,17?,18-,19+/m0/s1. The van der Waals surface area contributed by atoms with E-state index in [9.17, 15) is 37.1 Å². The molecule has 2 aromatic rings. The third-order valence-electron chi connectivity index (χ3n) is 8.17. The van der Waals surface area contributed by atoms with E-state index in [2.05, 4.69) is 10.3 Å². The van der Waals surface area contributed by atoms with E-state index in [1.165, 1.54) is 38.5 Å². The molecule has 0 radical (unpaired) electrons. The number of pyridine rings is 1. The van der Waals surface area contributed by atoms with Crippen molar-refractivity contribution in [3.05, 3.63) is 40.4 Å². The molecule has 4 amide bonds. The molecule has 0 aromatic carbocycles. The van der Waals surface area contributed by atoms with Crippen LogP contribution in [-0.4, -0.2) is 69.8 Å². The molecule has 2 fully saturated rings. The molecule has 1 aliphatic heterocycles. The molecule has 42 heavy (non-hydrogen) atoms. The van der Waals surface area contributed by atoms with Crippen molar-refractivity contribution in [2.45, 2.75) is 58.9 Å². The normalized spacial score (nSPS) is 22.6. The summed E-state index contributed by atoms with van der Waals surface area (Å²) in [5.74, 6) is -5.32. The van der Waals surface area contributed by atoms with Gasteiger partial charge in [0.1, 0.15) is 12.1 Å². The van der Waals surface area contributed by atoms with Gasteiger partial charge in [-0.25, -0.2) is 4.98 Å². The van der Waals surface area contributed by atoms with Crippen molar-refractivity contribution in [3.63, 3.8) is 0 Å². The molecule has 0 spiro atoms. The number of likely N-dealkylation sites (tertiary alicyclic amines) is 1.